The zero-order valence-corrected chi connectivity index (χ0v) is 15.3. The molecule has 0 radical (unpaired) electrons. The second-order valence-corrected chi connectivity index (χ2v) is 6.67. The number of aromatic nitrogens is 1. The molecule has 0 aliphatic heterocycles. The zero-order chi connectivity index (χ0) is 18.8. The molecule has 0 spiro atoms. The first-order valence-corrected chi connectivity index (χ1v) is 9.38. The summed E-state index contributed by atoms with van der Waals surface area (Å²) in [4.78, 5) is 0. The van der Waals surface area contributed by atoms with Crippen molar-refractivity contribution in [1.29, 1.82) is 0 Å². The molecule has 0 amide bonds. The number of hydrogen-bond acceptors (Lipinski definition) is 1. The summed E-state index contributed by atoms with van der Waals surface area (Å²) >= 11 is 0. The summed E-state index contributed by atoms with van der Waals surface area (Å²) < 4.78 is 8.09. The van der Waals surface area contributed by atoms with Crippen LogP contribution in [-0.2, 0) is 0 Å². The maximum atomic E-state index is 5.80. The Morgan fingerprint density at radius 3 is 1.79 bits per heavy atom. The number of hydrogen-bond donors (Lipinski definition) is 0. The Hall–Kier alpha value is -3.78. The van der Waals surface area contributed by atoms with Gasteiger partial charge in [-0.2, -0.15) is 0 Å². The van der Waals surface area contributed by atoms with Gasteiger partial charge in [-0.3, -0.25) is 0 Å². The van der Waals surface area contributed by atoms with Crippen LogP contribution in [0.4, 0.5) is 0 Å². The molecule has 2 heteroatoms. The fourth-order valence-corrected chi connectivity index (χ4v) is 3.68. The lowest BCUT2D eigenvalue weighted by atomic mass is 10.0. The van der Waals surface area contributed by atoms with Gasteiger partial charge in [-0.1, -0.05) is 78.9 Å². The Morgan fingerprint density at radius 2 is 1.18 bits per heavy atom. The molecule has 0 N–H and O–H groups in total. The molecule has 0 saturated carbocycles. The van der Waals surface area contributed by atoms with Crippen LogP contribution in [0.1, 0.15) is 0 Å². The molecule has 0 fully saturated rings. The largest absolute Gasteiger partial charge is 0.463 e. The van der Waals surface area contributed by atoms with Crippen molar-refractivity contribution >= 4 is 0 Å². The maximum Gasteiger partial charge on any atom is 0.150 e. The highest BCUT2D eigenvalue weighted by Gasteiger charge is 2.21. The molecule has 28 heavy (non-hydrogen) atoms. The van der Waals surface area contributed by atoms with Crippen LogP contribution in [-0.4, -0.2) is 4.57 Å². The molecular weight excluding hydrogens is 342 g/mol. The highest BCUT2D eigenvalue weighted by Crippen LogP contribution is 2.41. The molecule has 2 aromatic heterocycles. The standard InChI is InChI=1S/C26H19NO/c1-4-11-20(12-5-1)23-19-24(25-17-10-18-28-25)27(22-15-8-3-9-16-22)26(23)21-13-6-2-7-14-21/h1-19H. The van der Waals surface area contributed by atoms with E-state index >= 15 is 0 Å². The van der Waals surface area contributed by atoms with E-state index in [1.54, 1.807) is 6.26 Å². The van der Waals surface area contributed by atoms with E-state index in [9.17, 15) is 0 Å². The van der Waals surface area contributed by atoms with Crippen molar-refractivity contribution in [3.05, 3.63) is 115 Å². The fraction of sp³-hybridized carbons (Fsp3) is 0. The second kappa shape index (κ2) is 7.09. The Kier molecular flexibility index (Phi) is 4.15. The van der Waals surface area contributed by atoms with Crippen LogP contribution in [0.5, 0.6) is 0 Å². The molecule has 3 aromatic carbocycles. The molecular formula is C26H19NO. The normalized spacial score (nSPS) is 10.9. The number of para-hydroxylation sites is 1. The molecule has 0 atom stereocenters. The Bertz CT molecular complexity index is 1170. The minimum Gasteiger partial charge on any atom is -0.463 e. The van der Waals surface area contributed by atoms with Crippen LogP contribution in [0, 0.1) is 0 Å². The zero-order valence-electron chi connectivity index (χ0n) is 15.3. The van der Waals surface area contributed by atoms with Gasteiger partial charge in [-0.05, 0) is 41.5 Å². The summed E-state index contributed by atoms with van der Waals surface area (Å²) in [5, 5.41) is 0. The van der Waals surface area contributed by atoms with E-state index in [-0.39, 0.29) is 0 Å². The number of rotatable bonds is 4. The van der Waals surface area contributed by atoms with Gasteiger partial charge in [0.15, 0.2) is 5.76 Å². The molecule has 2 heterocycles. The predicted molar refractivity (Wildman–Crippen MR) is 114 cm³/mol. The van der Waals surface area contributed by atoms with E-state index in [0.29, 0.717) is 0 Å². The van der Waals surface area contributed by atoms with Gasteiger partial charge >= 0.3 is 0 Å². The van der Waals surface area contributed by atoms with Gasteiger partial charge in [0.05, 0.1) is 17.7 Å². The first-order valence-electron chi connectivity index (χ1n) is 9.38. The van der Waals surface area contributed by atoms with Crippen molar-refractivity contribution in [3.63, 3.8) is 0 Å². The van der Waals surface area contributed by atoms with Crippen molar-refractivity contribution in [3.8, 4) is 39.5 Å². The van der Waals surface area contributed by atoms with Gasteiger partial charge in [0, 0.05) is 11.3 Å². The average Bonchev–Trinajstić information content (AvgIpc) is 3.43. The van der Waals surface area contributed by atoms with Crippen LogP contribution in [0.15, 0.2) is 120 Å². The van der Waals surface area contributed by atoms with Gasteiger partial charge in [0.2, 0.25) is 0 Å². The van der Waals surface area contributed by atoms with Crippen LogP contribution < -0.4 is 0 Å². The third-order valence-electron chi connectivity index (χ3n) is 4.92. The molecule has 5 rings (SSSR count). The lowest BCUT2D eigenvalue weighted by Crippen LogP contribution is -1.99. The maximum absolute atomic E-state index is 5.80. The third-order valence-corrected chi connectivity index (χ3v) is 4.92. The highest BCUT2D eigenvalue weighted by molar-refractivity contribution is 5.87. The summed E-state index contributed by atoms with van der Waals surface area (Å²) in [5.41, 5.74) is 6.84. The van der Waals surface area contributed by atoms with E-state index in [0.717, 1.165) is 22.8 Å². The van der Waals surface area contributed by atoms with E-state index in [4.69, 9.17) is 4.42 Å². The van der Waals surface area contributed by atoms with Gasteiger partial charge in [0.25, 0.3) is 0 Å². The molecule has 0 aliphatic carbocycles. The molecule has 0 unspecified atom stereocenters. The number of nitrogens with zero attached hydrogens (tertiary/aromatic N) is 1. The molecule has 0 bridgehead atoms. The monoisotopic (exact) mass is 361 g/mol. The van der Waals surface area contributed by atoms with Crippen molar-refractivity contribution in [2.75, 3.05) is 0 Å². The van der Waals surface area contributed by atoms with Crippen molar-refractivity contribution in [2.45, 2.75) is 0 Å². The number of benzene rings is 3. The Morgan fingerprint density at radius 1 is 0.571 bits per heavy atom. The van der Waals surface area contributed by atoms with Crippen molar-refractivity contribution < 1.29 is 4.42 Å². The predicted octanol–water partition coefficient (Wildman–Crippen LogP) is 7.07. The van der Waals surface area contributed by atoms with E-state index < -0.39 is 0 Å². The highest BCUT2D eigenvalue weighted by atomic mass is 16.3. The second-order valence-electron chi connectivity index (χ2n) is 6.67. The van der Waals surface area contributed by atoms with Crippen molar-refractivity contribution in [2.24, 2.45) is 0 Å². The topological polar surface area (TPSA) is 18.1 Å². The van der Waals surface area contributed by atoms with Gasteiger partial charge in [-0.25, -0.2) is 0 Å². The minimum absolute atomic E-state index is 0.850. The average molecular weight is 361 g/mol. The van der Waals surface area contributed by atoms with E-state index in [1.165, 1.54) is 16.7 Å². The third kappa shape index (κ3) is 2.85. The first kappa shape index (κ1) is 16.4. The SMILES string of the molecule is c1ccc(-c2cc(-c3ccco3)n(-c3ccccc3)c2-c2ccccc2)cc1. The Labute approximate surface area is 164 Å². The smallest absolute Gasteiger partial charge is 0.150 e. The van der Waals surface area contributed by atoms with Crippen LogP contribution >= 0.6 is 0 Å². The lowest BCUT2D eigenvalue weighted by molar-refractivity contribution is 0.578. The molecule has 0 aliphatic rings. The van der Waals surface area contributed by atoms with Gasteiger partial charge < -0.3 is 8.98 Å². The van der Waals surface area contributed by atoms with Crippen molar-refractivity contribution in [1.82, 2.24) is 4.57 Å². The van der Waals surface area contributed by atoms with Crippen LogP contribution in [0.2, 0.25) is 0 Å². The van der Waals surface area contributed by atoms with Gasteiger partial charge in [0.1, 0.15) is 0 Å². The Balaban J connectivity index is 1.89. The first-order chi connectivity index (χ1) is 13.9. The molecule has 2 nitrogen and oxygen atoms in total. The summed E-state index contributed by atoms with van der Waals surface area (Å²) in [7, 11) is 0. The molecule has 134 valence electrons. The van der Waals surface area contributed by atoms with E-state index in [2.05, 4.69) is 89.5 Å². The minimum atomic E-state index is 0.850. The lowest BCUT2D eigenvalue weighted by Gasteiger charge is -2.14. The quantitative estimate of drug-likeness (QED) is 0.335. The summed E-state index contributed by atoms with van der Waals surface area (Å²) in [5.74, 6) is 0.850. The number of furan rings is 1. The molecule has 5 aromatic rings. The molecule has 0 saturated heterocycles. The van der Waals surface area contributed by atoms with E-state index in [1.807, 2.05) is 24.3 Å². The summed E-state index contributed by atoms with van der Waals surface area (Å²) in [6.07, 6.45) is 1.72. The van der Waals surface area contributed by atoms with Crippen LogP contribution in [0.3, 0.4) is 0 Å². The summed E-state index contributed by atoms with van der Waals surface area (Å²) in [6, 6.07) is 37.7. The summed E-state index contributed by atoms with van der Waals surface area (Å²) in [6.45, 7) is 0. The van der Waals surface area contributed by atoms with Gasteiger partial charge in [-0.15, -0.1) is 0 Å². The van der Waals surface area contributed by atoms with Crippen LogP contribution in [0.25, 0.3) is 39.5 Å². The fourth-order valence-electron chi connectivity index (χ4n) is 3.68.